The highest BCUT2D eigenvalue weighted by Gasteiger charge is 2.07. The van der Waals surface area contributed by atoms with E-state index in [9.17, 15) is 4.79 Å². The number of fused-ring (bicyclic) bond motifs is 1. The molecule has 0 heterocycles. The first-order valence-electron chi connectivity index (χ1n) is 7.35. The van der Waals surface area contributed by atoms with Crippen LogP contribution < -0.4 is 5.48 Å². The second-order valence-electron chi connectivity index (χ2n) is 5.22. The molecule has 3 aromatic carbocycles. The molecule has 1 N–H and O–H groups in total. The fourth-order valence-corrected chi connectivity index (χ4v) is 2.66. The SMILES string of the molecule is O=C(Cc1cccc2ccccc12)NOCc1ccccc1Cl. The summed E-state index contributed by atoms with van der Waals surface area (Å²) in [5.41, 5.74) is 4.28. The van der Waals surface area contributed by atoms with Crippen LogP contribution in [0.25, 0.3) is 10.8 Å². The van der Waals surface area contributed by atoms with Crippen LogP contribution in [0.4, 0.5) is 0 Å². The molecular formula is C19H16ClNO2. The number of carbonyl (C=O) groups is 1. The Morgan fingerprint density at radius 2 is 1.61 bits per heavy atom. The molecule has 0 radical (unpaired) electrons. The molecule has 0 atom stereocenters. The zero-order chi connectivity index (χ0) is 16.1. The van der Waals surface area contributed by atoms with E-state index < -0.39 is 0 Å². The van der Waals surface area contributed by atoms with Crippen molar-refractivity contribution in [3.8, 4) is 0 Å². The van der Waals surface area contributed by atoms with Gasteiger partial charge in [-0.05, 0) is 28.0 Å². The molecule has 0 fully saturated rings. The molecule has 0 aromatic heterocycles. The highest BCUT2D eigenvalue weighted by molar-refractivity contribution is 6.31. The molecule has 0 aliphatic heterocycles. The second-order valence-corrected chi connectivity index (χ2v) is 5.63. The molecule has 0 saturated heterocycles. The van der Waals surface area contributed by atoms with E-state index in [2.05, 4.69) is 5.48 Å². The lowest BCUT2D eigenvalue weighted by atomic mass is 10.0. The molecule has 0 spiro atoms. The third kappa shape index (κ3) is 3.89. The first-order chi connectivity index (χ1) is 11.2. The summed E-state index contributed by atoms with van der Waals surface area (Å²) in [7, 11) is 0. The van der Waals surface area contributed by atoms with Crippen LogP contribution in [-0.4, -0.2) is 5.91 Å². The fourth-order valence-electron chi connectivity index (χ4n) is 2.47. The second kappa shape index (κ2) is 7.27. The standard InChI is InChI=1S/C19H16ClNO2/c20-18-11-4-2-7-16(18)13-23-21-19(22)12-15-9-5-8-14-6-1-3-10-17(14)15/h1-11H,12-13H2,(H,21,22). The van der Waals surface area contributed by atoms with Crippen molar-refractivity contribution in [1.82, 2.24) is 5.48 Å². The van der Waals surface area contributed by atoms with Crippen LogP contribution in [0.3, 0.4) is 0 Å². The average molecular weight is 326 g/mol. The average Bonchev–Trinajstić information content (AvgIpc) is 2.57. The lowest BCUT2D eigenvalue weighted by Gasteiger charge is -2.09. The van der Waals surface area contributed by atoms with E-state index in [1.165, 1.54) is 0 Å². The Kier molecular flexibility index (Phi) is 4.91. The third-order valence-corrected chi connectivity index (χ3v) is 3.97. The first kappa shape index (κ1) is 15.5. The molecule has 3 aromatic rings. The maximum Gasteiger partial charge on any atom is 0.247 e. The highest BCUT2D eigenvalue weighted by atomic mass is 35.5. The Labute approximate surface area is 139 Å². The minimum absolute atomic E-state index is 0.187. The van der Waals surface area contributed by atoms with E-state index in [4.69, 9.17) is 16.4 Å². The lowest BCUT2D eigenvalue weighted by molar-refractivity contribution is -0.133. The summed E-state index contributed by atoms with van der Waals surface area (Å²) in [4.78, 5) is 17.3. The molecule has 0 aliphatic rings. The van der Waals surface area contributed by atoms with Gasteiger partial charge in [-0.1, -0.05) is 72.3 Å². The molecule has 4 heteroatoms. The lowest BCUT2D eigenvalue weighted by Crippen LogP contribution is -2.25. The van der Waals surface area contributed by atoms with Crippen LogP contribution >= 0.6 is 11.6 Å². The van der Waals surface area contributed by atoms with E-state index in [-0.39, 0.29) is 18.9 Å². The van der Waals surface area contributed by atoms with Gasteiger partial charge in [-0.25, -0.2) is 5.48 Å². The van der Waals surface area contributed by atoms with Crippen molar-refractivity contribution in [3.63, 3.8) is 0 Å². The molecular weight excluding hydrogens is 310 g/mol. The van der Waals surface area contributed by atoms with Crippen molar-refractivity contribution in [2.45, 2.75) is 13.0 Å². The minimum Gasteiger partial charge on any atom is -0.272 e. The Bertz CT molecular complexity index is 827. The Morgan fingerprint density at radius 1 is 0.913 bits per heavy atom. The molecule has 3 nitrogen and oxygen atoms in total. The fraction of sp³-hybridized carbons (Fsp3) is 0.105. The van der Waals surface area contributed by atoms with Gasteiger partial charge in [0.1, 0.15) is 6.61 Å². The molecule has 0 bridgehead atoms. The largest absolute Gasteiger partial charge is 0.272 e. The summed E-state index contributed by atoms with van der Waals surface area (Å²) in [6.45, 7) is 0.237. The summed E-state index contributed by atoms with van der Waals surface area (Å²) in [6, 6.07) is 21.3. The summed E-state index contributed by atoms with van der Waals surface area (Å²) in [5.74, 6) is -0.187. The van der Waals surface area contributed by atoms with Gasteiger partial charge < -0.3 is 0 Å². The smallest absolute Gasteiger partial charge is 0.247 e. The van der Waals surface area contributed by atoms with Gasteiger partial charge in [-0.15, -0.1) is 0 Å². The van der Waals surface area contributed by atoms with Crippen molar-refractivity contribution in [2.24, 2.45) is 0 Å². The predicted octanol–water partition coefficient (Wildman–Crippen LogP) is 4.28. The number of nitrogens with one attached hydrogen (secondary N) is 1. The quantitative estimate of drug-likeness (QED) is 0.711. The number of benzene rings is 3. The van der Waals surface area contributed by atoms with Gasteiger partial charge >= 0.3 is 0 Å². The van der Waals surface area contributed by atoms with Crippen LogP contribution in [0.1, 0.15) is 11.1 Å². The van der Waals surface area contributed by atoms with E-state index in [1.54, 1.807) is 6.07 Å². The number of carbonyl (C=O) groups excluding carboxylic acids is 1. The van der Waals surface area contributed by atoms with Crippen molar-refractivity contribution in [1.29, 1.82) is 0 Å². The molecule has 23 heavy (non-hydrogen) atoms. The highest BCUT2D eigenvalue weighted by Crippen LogP contribution is 2.19. The van der Waals surface area contributed by atoms with Gasteiger partial charge in [0.2, 0.25) is 5.91 Å². The molecule has 3 rings (SSSR count). The van der Waals surface area contributed by atoms with E-state index in [0.717, 1.165) is 21.9 Å². The predicted molar refractivity (Wildman–Crippen MR) is 92.0 cm³/mol. The number of amides is 1. The topological polar surface area (TPSA) is 38.3 Å². The van der Waals surface area contributed by atoms with Gasteiger partial charge in [-0.3, -0.25) is 9.63 Å². The molecule has 0 unspecified atom stereocenters. The Morgan fingerprint density at radius 3 is 2.48 bits per heavy atom. The van der Waals surface area contributed by atoms with Crippen LogP contribution in [0.15, 0.2) is 66.7 Å². The normalized spacial score (nSPS) is 10.7. The van der Waals surface area contributed by atoms with Gasteiger partial charge in [0.25, 0.3) is 0 Å². The van der Waals surface area contributed by atoms with Crippen molar-refractivity contribution in [2.75, 3.05) is 0 Å². The van der Waals surface area contributed by atoms with Crippen molar-refractivity contribution < 1.29 is 9.63 Å². The summed E-state index contributed by atoms with van der Waals surface area (Å²) < 4.78 is 0. The Balaban J connectivity index is 1.60. The maximum atomic E-state index is 12.1. The summed E-state index contributed by atoms with van der Waals surface area (Å²) in [6.07, 6.45) is 0.268. The van der Waals surface area contributed by atoms with Gasteiger partial charge in [0.05, 0.1) is 6.42 Å². The van der Waals surface area contributed by atoms with Gasteiger partial charge in [0.15, 0.2) is 0 Å². The monoisotopic (exact) mass is 325 g/mol. The zero-order valence-corrected chi connectivity index (χ0v) is 13.2. The molecule has 116 valence electrons. The van der Waals surface area contributed by atoms with Gasteiger partial charge in [0, 0.05) is 5.02 Å². The first-order valence-corrected chi connectivity index (χ1v) is 7.72. The van der Waals surface area contributed by atoms with E-state index in [1.807, 2.05) is 60.7 Å². The summed E-state index contributed by atoms with van der Waals surface area (Å²) >= 11 is 6.04. The Hall–Kier alpha value is -2.36. The summed E-state index contributed by atoms with van der Waals surface area (Å²) in [5, 5.41) is 2.82. The number of hydrogen-bond acceptors (Lipinski definition) is 2. The molecule has 1 amide bonds. The maximum absolute atomic E-state index is 12.1. The number of hydroxylamine groups is 1. The minimum atomic E-state index is -0.187. The zero-order valence-electron chi connectivity index (χ0n) is 12.5. The van der Waals surface area contributed by atoms with E-state index >= 15 is 0 Å². The molecule has 0 aliphatic carbocycles. The van der Waals surface area contributed by atoms with Crippen LogP contribution in [0, 0.1) is 0 Å². The van der Waals surface area contributed by atoms with Crippen LogP contribution in [0.5, 0.6) is 0 Å². The van der Waals surface area contributed by atoms with Crippen LogP contribution in [0.2, 0.25) is 5.02 Å². The van der Waals surface area contributed by atoms with Crippen LogP contribution in [-0.2, 0) is 22.7 Å². The third-order valence-electron chi connectivity index (χ3n) is 3.60. The molecule has 0 saturated carbocycles. The van der Waals surface area contributed by atoms with Crippen molar-refractivity contribution in [3.05, 3.63) is 82.9 Å². The number of hydrogen-bond donors (Lipinski definition) is 1. The van der Waals surface area contributed by atoms with E-state index in [0.29, 0.717) is 5.02 Å². The van der Waals surface area contributed by atoms with Gasteiger partial charge in [-0.2, -0.15) is 0 Å². The number of rotatable bonds is 5. The van der Waals surface area contributed by atoms with Crippen molar-refractivity contribution >= 4 is 28.3 Å². The number of halogens is 1.